The van der Waals surface area contributed by atoms with Gasteiger partial charge in [-0.25, -0.2) is 4.39 Å². The maximum Gasteiger partial charge on any atom is 0.419 e. The molecule has 0 saturated heterocycles. The van der Waals surface area contributed by atoms with E-state index in [0.717, 1.165) is 0 Å². The fourth-order valence-electron chi connectivity index (χ4n) is 1.37. The number of aliphatic carboxylic acids is 1. The highest BCUT2D eigenvalue weighted by Gasteiger charge is 2.42. The van der Waals surface area contributed by atoms with Crippen LogP contribution in [0.25, 0.3) is 0 Å². The molecule has 0 aromatic heterocycles. The average Bonchev–Trinajstić information content (AvgIpc) is 2.16. The highest BCUT2D eigenvalue weighted by molar-refractivity contribution is 5.70. The summed E-state index contributed by atoms with van der Waals surface area (Å²) in [6.45, 7) is 0. The third-order valence-corrected chi connectivity index (χ3v) is 2.10. The lowest BCUT2D eigenvalue weighted by Crippen LogP contribution is -2.17. The summed E-state index contributed by atoms with van der Waals surface area (Å²) in [6, 6.07) is 0.109. The van der Waals surface area contributed by atoms with Gasteiger partial charge < -0.3 is 5.11 Å². The molecule has 1 rings (SSSR count). The number of hydrogen-bond donors (Lipinski definition) is 1. The molecule has 0 saturated carbocycles. The normalized spacial score (nSPS) is 12.6. The number of halogens is 7. The lowest BCUT2D eigenvalue weighted by atomic mass is 10.0. The van der Waals surface area contributed by atoms with Crippen LogP contribution in [-0.2, 0) is 23.6 Å². The van der Waals surface area contributed by atoms with Crippen molar-refractivity contribution in [2.24, 2.45) is 0 Å². The number of hydrogen-bond acceptors (Lipinski definition) is 1. The second kappa shape index (κ2) is 4.71. The minimum Gasteiger partial charge on any atom is -0.481 e. The summed E-state index contributed by atoms with van der Waals surface area (Å²) in [4.78, 5) is 10.3. The van der Waals surface area contributed by atoms with Crippen LogP contribution in [0.4, 0.5) is 30.7 Å². The number of carboxylic acids is 1. The van der Waals surface area contributed by atoms with Crippen molar-refractivity contribution >= 4 is 5.97 Å². The Hall–Kier alpha value is -1.80. The van der Waals surface area contributed by atoms with Gasteiger partial charge in [-0.3, -0.25) is 4.79 Å². The zero-order chi connectivity index (χ0) is 15.0. The van der Waals surface area contributed by atoms with E-state index in [0.29, 0.717) is 0 Å². The lowest BCUT2D eigenvalue weighted by molar-refractivity contribution is -0.148. The topological polar surface area (TPSA) is 37.3 Å². The fourth-order valence-corrected chi connectivity index (χ4v) is 1.37. The number of carbonyl (C=O) groups is 1. The van der Waals surface area contributed by atoms with Crippen molar-refractivity contribution in [2.45, 2.75) is 18.8 Å². The summed E-state index contributed by atoms with van der Waals surface area (Å²) in [6.07, 6.45) is -11.8. The molecular weight excluding hydrogens is 285 g/mol. The van der Waals surface area contributed by atoms with Gasteiger partial charge in [-0.2, -0.15) is 26.3 Å². The van der Waals surface area contributed by atoms with Gasteiger partial charge in [0.15, 0.2) is 0 Å². The predicted molar refractivity (Wildman–Crippen MR) is 47.7 cm³/mol. The Morgan fingerprint density at radius 1 is 1.00 bits per heavy atom. The van der Waals surface area contributed by atoms with E-state index < -0.39 is 47.3 Å². The molecule has 106 valence electrons. The molecule has 2 nitrogen and oxygen atoms in total. The van der Waals surface area contributed by atoms with Crippen LogP contribution >= 0.6 is 0 Å². The van der Waals surface area contributed by atoms with E-state index in [4.69, 9.17) is 5.11 Å². The van der Waals surface area contributed by atoms with E-state index in [1.807, 2.05) is 0 Å². The number of carboxylic acid groups (broad SMARTS) is 1. The first-order chi connectivity index (χ1) is 8.43. The van der Waals surface area contributed by atoms with Gasteiger partial charge in [-0.1, -0.05) is 0 Å². The molecule has 0 fully saturated rings. The summed E-state index contributed by atoms with van der Waals surface area (Å²) >= 11 is 0. The second-order valence-electron chi connectivity index (χ2n) is 3.57. The van der Waals surface area contributed by atoms with E-state index in [9.17, 15) is 35.5 Å². The first kappa shape index (κ1) is 15.3. The van der Waals surface area contributed by atoms with Crippen LogP contribution < -0.4 is 0 Å². The van der Waals surface area contributed by atoms with Crippen LogP contribution in [0.5, 0.6) is 0 Å². The summed E-state index contributed by atoms with van der Waals surface area (Å²) in [5, 5.41) is 8.37. The maximum absolute atomic E-state index is 13.2. The van der Waals surface area contributed by atoms with Crippen molar-refractivity contribution < 1.29 is 40.6 Å². The quantitative estimate of drug-likeness (QED) is 0.846. The van der Waals surface area contributed by atoms with Crippen molar-refractivity contribution in [1.82, 2.24) is 0 Å². The molecule has 1 aromatic carbocycles. The molecule has 0 atom stereocenters. The molecule has 0 aliphatic heterocycles. The van der Waals surface area contributed by atoms with Crippen LogP contribution in [0.3, 0.4) is 0 Å². The van der Waals surface area contributed by atoms with E-state index in [1.54, 1.807) is 0 Å². The summed E-state index contributed by atoms with van der Waals surface area (Å²) in [5.41, 5.74) is -5.06. The van der Waals surface area contributed by atoms with Gasteiger partial charge in [0.2, 0.25) is 0 Å². The minimum absolute atomic E-state index is 0.0543. The molecule has 0 amide bonds. The molecule has 0 unspecified atom stereocenters. The Morgan fingerprint density at radius 3 is 1.63 bits per heavy atom. The van der Waals surface area contributed by atoms with Crippen LogP contribution in [0.1, 0.15) is 16.7 Å². The lowest BCUT2D eigenvalue weighted by Gasteiger charge is -2.15. The zero-order valence-electron chi connectivity index (χ0n) is 8.86. The highest BCUT2D eigenvalue weighted by atomic mass is 19.4. The maximum atomic E-state index is 13.2. The van der Waals surface area contributed by atoms with Gasteiger partial charge >= 0.3 is 18.3 Å². The Bertz CT molecular complexity index is 467. The Labute approximate surface area is 101 Å². The monoisotopic (exact) mass is 290 g/mol. The predicted octanol–water partition coefficient (Wildman–Crippen LogP) is 3.49. The van der Waals surface area contributed by atoms with E-state index in [1.165, 1.54) is 0 Å². The minimum atomic E-state index is -5.35. The van der Waals surface area contributed by atoms with E-state index in [2.05, 4.69) is 0 Å². The van der Waals surface area contributed by atoms with Crippen LogP contribution in [0.2, 0.25) is 0 Å². The zero-order valence-corrected chi connectivity index (χ0v) is 8.86. The molecule has 9 heteroatoms. The van der Waals surface area contributed by atoms with Crippen molar-refractivity contribution in [2.75, 3.05) is 0 Å². The van der Waals surface area contributed by atoms with Crippen LogP contribution in [0, 0.1) is 5.82 Å². The summed E-state index contributed by atoms with van der Waals surface area (Å²) in [7, 11) is 0. The van der Waals surface area contributed by atoms with Crippen molar-refractivity contribution in [3.8, 4) is 0 Å². The third-order valence-electron chi connectivity index (χ3n) is 2.10. The van der Waals surface area contributed by atoms with E-state index in [-0.39, 0.29) is 12.1 Å². The number of rotatable bonds is 2. The van der Waals surface area contributed by atoms with Gasteiger partial charge in [-0.15, -0.1) is 0 Å². The number of alkyl halides is 6. The van der Waals surface area contributed by atoms with Crippen molar-refractivity contribution in [3.05, 3.63) is 34.6 Å². The van der Waals surface area contributed by atoms with E-state index >= 15 is 0 Å². The van der Waals surface area contributed by atoms with Gasteiger partial charge in [0, 0.05) is 0 Å². The van der Waals surface area contributed by atoms with Gasteiger partial charge in [0.1, 0.15) is 5.82 Å². The first-order valence-corrected chi connectivity index (χ1v) is 4.61. The second-order valence-corrected chi connectivity index (χ2v) is 3.57. The standard InChI is InChI=1S/C10H5F7O2/c11-8-5(9(12,13)14)1-4(3-7(18)19)2-6(8)10(15,16)17/h1-2H,3H2,(H,18,19). The van der Waals surface area contributed by atoms with Crippen LogP contribution in [-0.4, -0.2) is 11.1 Å². The molecule has 19 heavy (non-hydrogen) atoms. The number of benzene rings is 1. The molecule has 0 aliphatic carbocycles. The first-order valence-electron chi connectivity index (χ1n) is 4.61. The molecule has 0 bridgehead atoms. The Kier molecular flexibility index (Phi) is 3.78. The van der Waals surface area contributed by atoms with Gasteiger partial charge in [-0.05, 0) is 17.7 Å². The molecule has 0 aliphatic rings. The van der Waals surface area contributed by atoms with Gasteiger partial charge in [0.25, 0.3) is 0 Å². The largest absolute Gasteiger partial charge is 0.481 e. The van der Waals surface area contributed by atoms with Crippen molar-refractivity contribution in [1.29, 1.82) is 0 Å². The molecular formula is C10H5F7O2. The van der Waals surface area contributed by atoms with Crippen molar-refractivity contribution in [3.63, 3.8) is 0 Å². The molecule has 1 N–H and O–H groups in total. The fraction of sp³-hybridized carbons (Fsp3) is 0.300. The SMILES string of the molecule is O=C(O)Cc1cc(C(F)(F)F)c(F)c(C(F)(F)F)c1. The van der Waals surface area contributed by atoms with Crippen LogP contribution in [0.15, 0.2) is 12.1 Å². The van der Waals surface area contributed by atoms with Gasteiger partial charge in [0.05, 0.1) is 17.5 Å². The molecule has 0 heterocycles. The molecule has 1 aromatic rings. The summed E-state index contributed by atoms with van der Waals surface area (Å²) in [5.74, 6) is -4.10. The summed E-state index contributed by atoms with van der Waals surface area (Å²) < 4.78 is 87.5. The third kappa shape index (κ3) is 3.58. The molecule has 0 spiro atoms. The Morgan fingerprint density at radius 2 is 1.37 bits per heavy atom. The average molecular weight is 290 g/mol. The molecule has 0 radical (unpaired) electrons. The highest BCUT2D eigenvalue weighted by Crippen LogP contribution is 2.39. The Balaban J connectivity index is 3.52. The smallest absolute Gasteiger partial charge is 0.419 e.